The second-order valence-electron chi connectivity index (χ2n) is 7.24. The van der Waals surface area contributed by atoms with Crippen LogP contribution in [0.1, 0.15) is 64.5 Å². The molecule has 0 aliphatic rings. The summed E-state index contributed by atoms with van der Waals surface area (Å²) in [5.41, 5.74) is 0.373. The third-order valence-corrected chi connectivity index (χ3v) is 5.21. The summed E-state index contributed by atoms with van der Waals surface area (Å²) in [5.74, 6) is 0. The highest BCUT2D eigenvalue weighted by Crippen LogP contribution is 2.29. The van der Waals surface area contributed by atoms with Crippen molar-refractivity contribution in [3.63, 3.8) is 0 Å². The van der Waals surface area contributed by atoms with Crippen molar-refractivity contribution < 1.29 is 27.1 Å². The lowest BCUT2D eigenvalue weighted by Gasteiger charge is -2.23. The van der Waals surface area contributed by atoms with E-state index in [1.165, 1.54) is 0 Å². The van der Waals surface area contributed by atoms with Gasteiger partial charge in [0, 0.05) is 0 Å². The zero-order valence-corrected chi connectivity index (χ0v) is 18.3. The van der Waals surface area contributed by atoms with Crippen LogP contribution < -0.4 is 0 Å². The molecule has 27 heavy (non-hydrogen) atoms. The molecule has 0 atom stereocenters. The molecule has 0 saturated heterocycles. The van der Waals surface area contributed by atoms with E-state index in [0.29, 0.717) is 0 Å². The van der Waals surface area contributed by atoms with Gasteiger partial charge in [-0.2, -0.15) is 13.2 Å². The molecule has 0 N–H and O–H groups in total. The Morgan fingerprint density at radius 3 is 1.93 bits per heavy atom. The number of halogens is 3. The van der Waals surface area contributed by atoms with Crippen molar-refractivity contribution in [1.29, 1.82) is 0 Å². The number of aryl methyl sites for hydroxylation is 1. The molecule has 156 valence electrons. The normalized spacial score (nSPS) is 13.0. The molecule has 1 aromatic rings. The number of ether oxygens (including phenoxy) is 2. The van der Waals surface area contributed by atoms with Crippen LogP contribution in [0.15, 0.2) is 24.3 Å². The van der Waals surface area contributed by atoms with Gasteiger partial charge in [0.05, 0.1) is 17.8 Å². The summed E-state index contributed by atoms with van der Waals surface area (Å²) in [4.78, 5) is 0. The van der Waals surface area contributed by atoms with Crippen molar-refractivity contribution in [2.75, 3.05) is 0 Å². The van der Waals surface area contributed by atoms with E-state index < -0.39 is 28.0 Å². The van der Waals surface area contributed by atoms with E-state index in [-0.39, 0.29) is 12.2 Å². The largest absolute Gasteiger partial charge is 0.416 e. The van der Waals surface area contributed by atoms with Crippen LogP contribution in [-0.2, 0) is 26.5 Å². The zero-order chi connectivity index (χ0) is 20.3. The fourth-order valence-corrected chi connectivity index (χ4v) is 3.63. The van der Waals surface area contributed by atoms with Gasteiger partial charge < -0.3 is 13.9 Å². The first-order valence-corrected chi connectivity index (χ1v) is 11.3. The van der Waals surface area contributed by atoms with Crippen LogP contribution in [0.2, 0.25) is 6.04 Å². The number of hydrogen-bond acceptors (Lipinski definition) is 3. The van der Waals surface area contributed by atoms with Gasteiger partial charge in [-0.1, -0.05) is 31.4 Å². The van der Waals surface area contributed by atoms with Crippen LogP contribution >= 0.6 is 0 Å². The lowest BCUT2D eigenvalue weighted by Crippen LogP contribution is -2.28. The fourth-order valence-electron chi connectivity index (χ4n) is 2.56. The van der Waals surface area contributed by atoms with E-state index in [2.05, 4.69) is 0 Å². The van der Waals surface area contributed by atoms with Crippen LogP contribution in [0.3, 0.4) is 0 Å². The quantitative estimate of drug-likeness (QED) is 0.247. The van der Waals surface area contributed by atoms with E-state index in [1.807, 2.05) is 27.7 Å². The van der Waals surface area contributed by atoms with Crippen LogP contribution in [0, 0.1) is 0 Å². The minimum Gasteiger partial charge on any atom is -0.379 e. The molecule has 0 aliphatic carbocycles. The Hall–Kier alpha value is -0.893. The first-order valence-electron chi connectivity index (χ1n) is 9.77. The maximum absolute atomic E-state index is 12.5. The second kappa shape index (κ2) is 12.5. The van der Waals surface area contributed by atoms with E-state index in [4.69, 9.17) is 13.9 Å². The van der Waals surface area contributed by atoms with Crippen molar-refractivity contribution >= 4 is 9.76 Å². The van der Waals surface area contributed by atoms with Gasteiger partial charge >= 0.3 is 6.18 Å². The second-order valence-corrected chi connectivity index (χ2v) is 8.69. The number of hydrogen-bond donors (Lipinski definition) is 0. The Bertz CT molecular complexity index is 494. The smallest absolute Gasteiger partial charge is 0.379 e. The lowest BCUT2D eigenvalue weighted by atomic mass is 10.0. The monoisotopic (exact) mass is 406 g/mol. The van der Waals surface area contributed by atoms with Gasteiger partial charge in [-0.25, -0.2) is 0 Å². The minimum atomic E-state index is -4.26. The van der Waals surface area contributed by atoms with Gasteiger partial charge in [0.15, 0.2) is 9.76 Å². The van der Waals surface area contributed by atoms with Crippen LogP contribution in [-0.4, -0.2) is 28.4 Å². The van der Waals surface area contributed by atoms with Crippen molar-refractivity contribution in [3.05, 3.63) is 35.4 Å². The third-order valence-electron chi connectivity index (χ3n) is 3.91. The molecular weight excluding hydrogens is 373 g/mol. The zero-order valence-electron chi connectivity index (χ0n) is 16.8. The fraction of sp³-hybridized carbons (Fsp3) is 0.700. The Kier molecular flexibility index (Phi) is 11.2. The van der Waals surface area contributed by atoms with E-state index in [9.17, 15) is 13.2 Å². The highest BCUT2D eigenvalue weighted by molar-refractivity contribution is 6.27. The average Bonchev–Trinajstić information content (AvgIpc) is 2.55. The number of alkyl halides is 3. The van der Waals surface area contributed by atoms with Crippen LogP contribution in [0.25, 0.3) is 0 Å². The van der Waals surface area contributed by atoms with Crippen LogP contribution in [0.5, 0.6) is 0 Å². The van der Waals surface area contributed by atoms with Crippen LogP contribution in [0.4, 0.5) is 13.2 Å². The lowest BCUT2D eigenvalue weighted by molar-refractivity contribution is -0.275. The van der Waals surface area contributed by atoms with E-state index in [1.54, 1.807) is 12.1 Å². The molecule has 0 amide bonds. The molecule has 0 heterocycles. The molecule has 0 aliphatic heterocycles. The average molecular weight is 407 g/mol. The molecule has 0 unspecified atom stereocenters. The van der Waals surface area contributed by atoms with Gasteiger partial charge in [-0.15, -0.1) is 0 Å². The number of benzene rings is 1. The van der Waals surface area contributed by atoms with E-state index in [0.717, 1.165) is 55.8 Å². The Balaban J connectivity index is 2.11. The molecule has 0 saturated carbocycles. The Morgan fingerprint density at radius 1 is 0.852 bits per heavy atom. The molecule has 7 heteroatoms. The van der Waals surface area contributed by atoms with Gasteiger partial charge in [0.25, 0.3) is 6.48 Å². The maximum atomic E-state index is 12.5. The SMILES string of the molecule is CC(C)OC(O[SiH2]CCCCCCc1ccc(C(F)(F)F)cc1)OC(C)C. The van der Waals surface area contributed by atoms with Gasteiger partial charge in [0.2, 0.25) is 0 Å². The molecule has 3 nitrogen and oxygen atoms in total. The third kappa shape index (κ3) is 11.5. The molecular formula is C20H33F3O3Si. The van der Waals surface area contributed by atoms with Crippen molar-refractivity contribution in [2.45, 2.75) is 90.7 Å². The summed E-state index contributed by atoms with van der Waals surface area (Å²) in [5, 5.41) is 0. The summed E-state index contributed by atoms with van der Waals surface area (Å²) in [6, 6.07) is 6.54. The summed E-state index contributed by atoms with van der Waals surface area (Å²) in [6.07, 6.45) is 0.962. The summed E-state index contributed by atoms with van der Waals surface area (Å²) < 4.78 is 54.6. The minimum absolute atomic E-state index is 0.0629. The molecule has 0 radical (unpaired) electrons. The number of unbranched alkanes of at least 4 members (excludes halogenated alkanes) is 3. The van der Waals surface area contributed by atoms with E-state index >= 15 is 0 Å². The standard InChI is InChI=1S/C20H33F3O3Si/c1-15(2)24-19(25-16(3)4)26-27-14-8-6-5-7-9-17-10-12-18(13-11-17)20(21,22)23/h10-13,15-16,19H,5-9,14,27H2,1-4H3. The topological polar surface area (TPSA) is 27.7 Å². The Morgan fingerprint density at radius 2 is 1.41 bits per heavy atom. The van der Waals surface area contributed by atoms with Crippen molar-refractivity contribution in [2.24, 2.45) is 0 Å². The van der Waals surface area contributed by atoms with Gasteiger partial charge in [-0.05, 0) is 64.3 Å². The van der Waals surface area contributed by atoms with Crippen molar-refractivity contribution in [3.8, 4) is 0 Å². The summed E-state index contributed by atoms with van der Waals surface area (Å²) in [7, 11) is -0.682. The van der Waals surface area contributed by atoms with Crippen molar-refractivity contribution in [1.82, 2.24) is 0 Å². The van der Waals surface area contributed by atoms with Gasteiger partial charge in [-0.3, -0.25) is 0 Å². The maximum Gasteiger partial charge on any atom is 0.416 e. The molecule has 1 rings (SSSR count). The molecule has 0 fully saturated rings. The first-order chi connectivity index (χ1) is 12.7. The predicted octanol–water partition coefficient (Wildman–Crippen LogP) is 5.46. The highest BCUT2D eigenvalue weighted by Gasteiger charge is 2.29. The predicted molar refractivity (Wildman–Crippen MR) is 104 cm³/mol. The molecule has 0 bridgehead atoms. The molecule has 0 aromatic heterocycles. The van der Waals surface area contributed by atoms with Gasteiger partial charge in [0.1, 0.15) is 0 Å². The Labute approximate surface area is 163 Å². The summed E-state index contributed by atoms with van der Waals surface area (Å²) in [6.45, 7) is 7.27. The summed E-state index contributed by atoms with van der Waals surface area (Å²) >= 11 is 0. The highest BCUT2D eigenvalue weighted by atomic mass is 28.2. The molecule has 1 aromatic carbocycles. The molecule has 0 spiro atoms. The first kappa shape index (κ1) is 24.1. The number of rotatable bonds is 13.